The number of unbranched alkanes of at least 4 members (excludes halogenated alkanes) is 29. The van der Waals surface area contributed by atoms with E-state index in [0.717, 1.165) is 25.7 Å². The summed E-state index contributed by atoms with van der Waals surface area (Å²) in [5.41, 5.74) is 0. The number of hydrogen-bond acceptors (Lipinski definition) is 2. The van der Waals surface area contributed by atoms with Gasteiger partial charge in [0, 0.05) is 12.8 Å². The van der Waals surface area contributed by atoms with E-state index in [4.69, 9.17) is 10.2 Å². The van der Waals surface area contributed by atoms with E-state index in [9.17, 15) is 9.59 Å². The quantitative estimate of drug-likeness (QED) is 0.0536. The molecular weight excluding hydrogens is 544 g/mol. The molecular formula is C40H74O4. The highest BCUT2D eigenvalue weighted by molar-refractivity contribution is 5.66. The predicted molar refractivity (Wildman–Crippen MR) is 191 cm³/mol. The average Bonchev–Trinajstić information content (AvgIpc) is 3.00. The minimum absolute atomic E-state index is 0.326. The summed E-state index contributed by atoms with van der Waals surface area (Å²) in [6.45, 7) is 0. The van der Waals surface area contributed by atoms with E-state index in [0.29, 0.717) is 12.8 Å². The van der Waals surface area contributed by atoms with Crippen molar-refractivity contribution in [1.82, 2.24) is 0 Å². The zero-order valence-corrected chi connectivity index (χ0v) is 29.1. The third kappa shape index (κ3) is 40.4. The molecule has 44 heavy (non-hydrogen) atoms. The maximum Gasteiger partial charge on any atom is 0.303 e. The van der Waals surface area contributed by atoms with Crippen LogP contribution < -0.4 is 0 Å². The number of carboxylic acid groups (broad SMARTS) is 2. The second-order valence-electron chi connectivity index (χ2n) is 13.3. The molecule has 0 radical (unpaired) electrons. The fraction of sp³-hybridized carbons (Fsp3) is 0.850. The largest absolute Gasteiger partial charge is 0.481 e. The molecule has 0 spiro atoms. The van der Waals surface area contributed by atoms with Gasteiger partial charge in [-0.3, -0.25) is 9.59 Å². The van der Waals surface area contributed by atoms with E-state index in [1.54, 1.807) is 0 Å². The Hall–Kier alpha value is -1.58. The lowest BCUT2D eigenvalue weighted by Gasteiger charge is -2.04. The molecule has 0 aromatic rings. The minimum Gasteiger partial charge on any atom is -0.481 e. The van der Waals surface area contributed by atoms with Gasteiger partial charge in [0.1, 0.15) is 0 Å². The third-order valence-electron chi connectivity index (χ3n) is 8.85. The predicted octanol–water partition coefficient (Wildman–Crippen LogP) is 13.5. The van der Waals surface area contributed by atoms with Crippen molar-refractivity contribution in [3.05, 3.63) is 24.3 Å². The van der Waals surface area contributed by atoms with Gasteiger partial charge < -0.3 is 10.2 Å². The first-order chi connectivity index (χ1) is 21.6. The highest BCUT2D eigenvalue weighted by atomic mass is 16.4. The highest BCUT2D eigenvalue weighted by Gasteiger charge is 1.98. The molecule has 0 amide bonds. The molecule has 4 heteroatoms. The molecule has 0 unspecified atom stereocenters. The summed E-state index contributed by atoms with van der Waals surface area (Å²) in [7, 11) is 0. The van der Waals surface area contributed by atoms with Crippen molar-refractivity contribution in [3.8, 4) is 0 Å². The van der Waals surface area contributed by atoms with Crippen LogP contribution in [0.3, 0.4) is 0 Å². The number of allylic oxidation sites excluding steroid dienone is 4. The minimum atomic E-state index is -0.665. The first-order valence-electron chi connectivity index (χ1n) is 19.4. The number of hydrogen-bond donors (Lipinski definition) is 2. The lowest BCUT2D eigenvalue weighted by Crippen LogP contribution is -1.93. The van der Waals surface area contributed by atoms with E-state index < -0.39 is 11.9 Å². The van der Waals surface area contributed by atoms with Crippen molar-refractivity contribution in [3.63, 3.8) is 0 Å². The normalized spacial score (nSPS) is 11.7. The van der Waals surface area contributed by atoms with Gasteiger partial charge in [-0.05, 0) is 64.2 Å². The molecule has 0 fully saturated rings. The van der Waals surface area contributed by atoms with Crippen molar-refractivity contribution in [2.24, 2.45) is 0 Å². The van der Waals surface area contributed by atoms with Crippen LogP contribution in [0.5, 0.6) is 0 Å². The standard InChI is InChI=1S/C40H74O4/c41-39(42)37-35-33-31-29-27-25-23-21-19-17-15-13-11-9-7-5-3-1-2-4-6-8-10-12-14-16-18-20-22-24-26-28-30-32-34-36-38-40(43)44/h21-24H,1-20,25-38H2,(H,41,42)(H,43,44)/b23-21-,24-22-. The summed E-state index contributed by atoms with van der Waals surface area (Å²) in [6, 6.07) is 0. The van der Waals surface area contributed by atoms with Crippen molar-refractivity contribution >= 4 is 11.9 Å². The zero-order valence-electron chi connectivity index (χ0n) is 29.1. The summed E-state index contributed by atoms with van der Waals surface area (Å²) in [4.78, 5) is 20.9. The second kappa shape index (κ2) is 37.6. The van der Waals surface area contributed by atoms with Gasteiger partial charge in [0.25, 0.3) is 0 Å². The van der Waals surface area contributed by atoms with Gasteiger partial charge in [0.15, 0.2) is 0 Å². The van der Waals surface area contributed by atoms with Crippen LogP contribution in [-0.2, 0) is 9.59 Å². The van der Waals surface area contributed by atoms with Crippen molar-refractivity contribution in [2.75, 3.05) is 0 Å². The van der Waals surface area contributed by atoms with Crippen LogP contribution in [0.15, 0.2) is 24.3 Å². The highest BCUT2D eigenvalue weighted by Crippen LogP contribution is 2.15. The number of carbonyl (C=O) groups is 2. The Labute approximate surface area is 274 Å². The Morgan fingerprint density at radius 2 is 0.432 bits per heavy atom. The second-order valence-corrected chi connectivity index (χ2v) is 13.3. The van der Waals surface area contributed by atoms with E-state index in [-0.39, 0.29) is 0 Å². The van der Waals surface area contributed by atoms with Gasteiger partial charge in [-0.1, -0.05) is 166 Å². The van der Waals surface area contributed by atoms with Crippen molar-refractivity contribution < 1.29 is 19.8 Å². The van der Waals surface area contributed by atoms with Crippen LogP contribution >= 0.6 is 0 Å². The first-order valence-corrected chi connectivity index (χ1v) is 19.4. The van der Waals surface area contributed by atoms with Gasteiger partial charge in [0.05, 0.1) is 0 Å². The summed E-state index contributed by atoms with van der Waals surface area (Å²) >= 11 is 0. The van der Waals surface area contributed by atoms with Crippen LogP contribution in [0, 0.1) is 0 Å². The molecule has 258 valence electrons. The molecule has 0 aliphatic heterocycles. The molecule has 0 rings (SSSR count). The van der Waals surface area contributed by atoms with E-state index in [2.05, 4.69) is 24.3 Å². The van der Waals surface area contributed by atoms with Crippen LogP contribution in [-0.4, -0.2) is 22.2 Å². The molecule has 0 heterocycles. The molecule has 0 atom stereocenters. The Balaban J connectivity index is 3.12. The van der Waals surface area contributed by atoms with Gasteiger partial charge in [-0.2, -0.15) is 0 Å². The average molecular weight is 619 g/mol. The smallest absolute Gasteiger partial charge is 0.303 e. The van der Waals surface area contributed by atoms with Crippen LogP contribution in [0.1, 0.15) is 218 Å². The van der Waals surface area contributed by atoms with E-state index >= 15 is 0 Å². The van der Waals surface area contributed by atoms with E-state index in [1.165, 1.54) is 180 Å². The fourth-order valence-electron chi connectivity index (χ4n) is 5.96. The molecule has 2 N–H and O–H groups in total. The van der Waals surface area contributed by atoms with Crippen LogP contribution in [0.4, 0.5) is 0 Å². The van der Waals surface area contributed by atoms with E-state index in [1.807, 2.05) is 0 Å². The molecule has 0 aliphatic rings. The number of rotatable bonds is 37. The molecule has 0 aromatic heterocycles. The van der Waals surface area contributed by atoms with Crippen LogP contribution in [0.25, 0.3) is 0 Å². The number of carboxylic acids is 2. The monoisotopic (exact) mass is 619 g/mol. The fourth-order valence-corrected chi connectivity index (χ4v) is 5.96. The summed E-state index contributed by atoms with van der Waals surface area (Å²) in [5.74, 6) is -1.33. The maximum absolute atomic E-state index is 10.5. The molecule has 4 nitrogen and oxygen atoms in total. The first kappa shape index (κ1) is 42.4. The van der Waals surface area contributed by atoms with Crippen molar-refractivity contribution in [1.29, 1.82) is 0 Å². The lowest BCUT2D eigenvalue weighted by atomic mass is 10.0. The summed E-state index contributed by atoms with van der Waals surface area (Å²) in [6.07, 6.45) is 51.5. The zero-order chi connectivity index (χ0) is 32.0. The molecule has 0 aromatic carbocycles. The SMILES string of the molecule is O=C(O)CCCCCCC/C=C\CCCCCCCCCCCCCCCCCCCC/C=C\CCCCCCCC(=O)O. The Bertz CT molecular complexity index is 598. The third-order valence-corrected chi connectivity index (χ3v) is 8.85. The maximum atomic E-state index is 10.5. The molecule has 0 aliphatic carbocycles. The Kier molecular flexibility index (Phi) is 36.3. The topological polar surface area (TPSA) is 74.6 Å². The van der Waals surface area contributed by atoms with Crippen LogP contribution in [0.2, 0.25) is 0 Å². The number of aliphatic carboxylic acids is 2. The summed E-state index contributed by atoms with van der Waals surface area (Å²) < 4.78 is 0. The van der Waals surface area contributed by atoms with Gasteiger partial charge in [-0.15, -0.1) is 0 Å². The van der Waals surface area contributed by atoms with Gasteiger partial charge >= 0.3 is 11.9 Å². The van der Waals surface area contributed by atoms with Gasteiger partial charge in [-0.25, -0.2) is 0 Å². The summed E-state index contributed by atoms with van der Waals surface area (Å²) in [5, 5.41) is 17.3. The molecule has 0 bridgehead atoms. The molecule has 0 saturated carbocycles. The van der Waals surface area contributed by atoms with Crippen molar-refractivity contribution in [2.45, 2.75) is 218 Å². The Morgan fingerprint density at radius 3 is 0.614 bits per heavy atom. The van der Waals surface area contributed by atoms with Gasteiger partial charge in [0.2, 0.25) is 0 Å². The Morgan fingerprint density at radius 1 is 0.273 bits per heavy atom. The molecule has 0 saturated heterocycles. The lowest BCUT2D eigenvalue weighted by molar-refractivity contribution is -0.138.